The normalized spacial score (nSPS) is 10.6. The Morgan fingerprint density at radius 1 is 1.44 bits per heavy atom. The quantitative estimate of drug-likeness (QED) is 0.812. The van der Waals surface area contributed by atoms with Gasteiger partial charge in [-0.25, -0.2) is 0 Å². The number of rotatable bonds is 4. The van der Waals surface area contributed by atoms with E-state index in [0.29, 0.717) is 6.42 Å². The molecule has 0 amide bonds. The first-order chi connectivity index (χ1) is 8.60. The number of halogens is 1. The summed E-state index contributed by atoms with van der Waals surface area (Å²) in [4.78, 5) is 12.2. The van der Waals surface area contributed by atoms with Crippen LogP contribution < -0.4 is 0 Å². The van der Waals surface area contributed by atoms with Gasteiger partial charge in [-0.05, 0) is 37.1 Å². The van der Waals surface area contributed by atoms with Crippen LogP contribution in [0.4, 0.5) is 0 Å². The van der Waals surface area contributed by atoms with E-state index in [1.165, 1.54) is 0 Å². The van der Waals surface area contributed by atoms with E-state index in [1.54, 1.807) is 6.20 Å². The van der Waals surface area contributed by atoms with Crippen LogP contribution in [0.15, 0.2) is 35.1 Å². The summed E-state index contributed by atoms with van der Waals surface area (Å²) in [5.41, 5.74) is 2.82. The van der Waals surface area contributed by atoms with Crippen molar-refractivity contribution < 1.29 is 4.79 Å². The fourth-order valence-electron chi connectivity index (χ4n) is 1.80. The van der Waals surface area contributed by atoms with Crippen molar-refractivity contribution in [1.29, 1.82) is 0 Å². The Labute approximate surface area is 115 Å². The monoisotopic (exact) mass is 306 g/mol. The predicted molar refractivity (Wildman–Crippen MR) is 74.8 cm³/mol. The zero-order chi connectivity index (χ0) is 13.1. The van der Waals surface area contributed by atoms with Gasteiger partial charge < -0.3 is 0 Å². The maximum absolute atomic E-state index is 12.2. The van der Waals surface area contributed by atoms with Gasteiger partial charge in [0.2, 0.25) is 0 Å². The van der Waals surface area contributed by atoms with Gasteiger partial charge in [-0.1, -0.05) is 22.0 Å². The highest BCUT2D eigenvalue weighted by atomic mass is 79.9. The molecule has 2 aromatic rings. The Bertz CT molecular complexity index is 575. The van der Waals surface area contributed by atoms with E-state index in [1.807, 2.05) is 42.9 Å². The maximum atomic E-state index is 12.2. The van der Waals surface area contributed by atoms with Crippen LogP contribution in [0.2, 0.25) is 0 Å². The second kappa shape index (κ2) is 5.48. The van der Waals surface area contributed by atoms with Crippen molar-refractivity contribution in [3.63, 3.8) is 0 Å². The van der Waals surface area contributed by atoms with Crippen LogP contribution in [0, 0.1) is 6.92 Å². The van der Waals surface area contributed by atoms with Crippen molar-refractivity contribution in [3.05, 3.63) is 51.8 Å². The number of carbonyl (C=O) groups is 1. The number of hydrogen-bond acceptors (Lipinski definition) is 2. The smallest absolute Gasteiger partial charge is 0.168 e. The van der Waals surface area contributed by atoms with Crippen molar-refractivity contribution in [2.75, 3.05) is 0 Å². The van der Waals surface area contributed by atoms with Crippen molar-refractivity contribution in [2.45, 2.75) is 26.8 Å². The number of aromatic nitrogens is 2. The molecule has 0 unspecified atom stereocenters. The molecular weight excluding hydrogens is 292 g/mol. The van der Waals surface area contributed by atoms with Gasteiger partial charge >= 0.3 is 0 Å². The average Bonchev–Trinajstić information content (AvgIpc) is 2.76. The minimum absolute atomic E-state index is 0.109. The lowest BCUT2D eigenvalue weighted by atomic mass is 10.0. The lowest BCUT2D eigenvalue weighted by Crippen LogP contribution is -2.04. The third kappa shape index (κ3) is 2.88. The number of nitrogens with zero attached hydrogens (tertiary/aromatic N) is 2. The van der Waals surface area contributed by atoms with Crippen LogP contribution in [-0.2, 0) is 13.0 Å². The molecule has 0 fully saturated rings. The molecule has 1 aromatic heterocycles. The molecule has 0 radical (unpaired) electrons. The molecule has 0 aliphatic rings. The molecule has 4 heteroatoms. The summed E-state index contributed by atoms with van der Waals surface area (Å²) in [7, 11) is 0. The first-order valence-electron chi connectivity index (χ1n) is 5.91. The Kier molecular flexibility index (Phi) is 3.97. The lowest BCUT2D eigenvalue weighted by molar-refractivity contribution is 0.0992. The molecular formula is C14H15BrN2O. The van der Waals surface area contributed by atoms with E-state index in [9.17, 15) is 4.79 Å². The number of ketones is 1. The molecule has 0 atom stereocenters. The summed E-state index contributed by atoms with van der Waals surface area (Å²) >= 11 is 3.44. The van der Waals surface area contributed by atoms with Crippen molar-refractivity contribution in [1.82, 2.24) is 9.78 Å². The zero-order valence-electron chi connectivity index (χ0n) is 10.5. The van der Waals surface area contributed by atoms with Gasteiger partial charge in [0.1, 0.15) is 0 Å². The Balaban J connectivity index is 2.16. The summed E-state index contributed by atoms with van der Waals surface area (Å²) < 4.78 is 2.68. The van der Waals surface area contributed by atoms with Gasteiger partial charge in [-0.3, -0.25) is 9.48 Å². The molecule has 94 valence electrons. The molecule has 0 saturated carbocycles. The minimum Gasteiger partial charge on any atom is -0.294 e. The zero-order valence-corrected chi connectivity index (χ0v) is 12.1. The molecule has 3 nitrogen and oxygen atoms in total. The number of Topliss-reactive ketones (excluding diaryl/α,β-unsaturated/α-hetero) is 1. The van der Waals surface area contributed by atoms with E-state index < -0.39 is 0 Å². The highest BCUT2D eigenvalue weighted by Crippen LogP contribution is 2.20. The van der Waals surface area contributed by atoms with Crippen molar-refractivity contribution in [2.24, 2.45) is 0 Å². The standard InChI is InChI=1S/C14H15BrN2O/c1-3-17-9-11(8-16-17)7-14(18)12-5-4-10(2)6-13(12)15/h4-6,8-9H,3,7H2,1-2H3. The van der Waals surface area contributed by atoms with Crippen LogP contribution in [-0.4, -0.2) is 15.6 Å². The van der Waals surface area contributed by atoms with Crippen LogP contribution in [0.5, 0.6) is 0 Å². The molecule has 0 spiro atoms. The van der Waals surface area contributed by atoms with Gasteiger partial charge in [0.05, 0.1) is 6.20 Å². The Morgan fingerprint density at radius 2 is 2.22 bits per heavy atom. The van der Waals surface area contributed by atoms with Crippen LogP contribution >= 0.6 is 15.9 Å². The molecule has 1 heterocycles. The van der Waals surface area contributed by atoms with Gasteiger partial charge in [0, 0.05) is 29.2 Å². The van der Waals surface area contributed by atoms with Crippen LogP contribution in [0.3, 0.4) is 0 Å². The summed E-state index contributed by atoms with van der Waals surface area (Å²) in [6.45, 7) is 4.85. The molecule has 0 aliphatic heterocycles. The second-order valence-corrected chi connectivity index (χ2v) is 5.14. The third-order valence-corrected chi connectivity index (χ3v) is 3.46. The highest BCUT2D eigenvalue weighted by molar-refractivity contribution is 9.10. The molecule has 0 N–H and O–H groups in total. The van der Waals surface area contributed by atoms with Gasteiger partial charge in [-0.15, -0.1) is 0 Å². The third-order valence-electron chi connectivity index (χ3n) is 2.80. The Morgan fingerprint density at radius 3 is 2.83 bits per heavy atom. The van der Waals surface area contributed by atoms with Gasteiger partial charge in [-0.2, -0.15) is 5.10 Å². The SMILES string of the molecule is CCn1cc(CC(=O)c2ccc(C)cc2Br)cn1. The summed E-state index contributed by atoms with van der Waals surface area (Å²) in [6, 6.07) is 5.78. The summed E-state index contributed by atoms with van der Waals surface area (Å²) in [5, 5.41) is 4.17. The fourth-order valence-corrected chi connectivity index (χ4v) is 2.51. The average molecular weight is 307 g/mol. The van der Waals surface area contributed by atoms with E-state index in [-0.39, 0.29) is 5.78 Å². The second-order valence-electron chi connectivity index (χ2n) is 4.29. The number of hydrogen-bond donors (Lipinski definition) is 0. The molecule has 18 heavy (non-hydrogen) atoms. The van der Waals surface area contributed by atoms with E-state index >= 15 is 0 Å². The highest BCUT2D eigenvalue weighted by Gasteiger charge is 2.11. The first-order valence-corrected chi connectivity index (χ1v) is 6.70. The molecule has 0 bridgehead atoms. The predicted octanol–water partition coefficient (Wildman–Crippen LogP) is 3.40. The van der Waals surface area contributed by atoms with Crippen molar-refractivity contribution >= 4 is 21.7 Å². The fraction of sp³-hybridized carbons (Fsp3) is 0.286. The van der Waals surface area contributed by atoms with Gasteiger partial charge in [0.15, 0.2) is 5.78 Å². The van der Waals surface area contributed by atoms with E-state index in [0.717, 1.165) is 27.7 Å². The molecule has 0 saturated heterocycles. The number of carbonyl (C=O) groups excluding carboxylic acids is 1. The maximum Gasteiger partial charge on any atom is 0.168 e. The van der Waals surface area contributed by atoms with E-state index in [4.69, 9.17) is 0 Å². The number of benzene rings is 1. The van der Waals surface area contributed by atoms with Gasteiger partial charge in [0.25, 0.3) is 0 Å². The molecule has 1 aromatic carbocycles. The molecule has 2 rings (SSSR count). The number of aryl methyl sites for hydroxylation is 2. The summed E-state index contributed by atoms with van der Waals surface area (Å²) in [5.74, 6) is 0.109. The summed E-state index contributed by atoms with van der Waals surface area (Å²) in [6.07, 6.45) is 4.06. The van der Waals surface area contributed by atoms with E-state index in [2.05, 4.69) is 21.0 Å². The Hall–Kier alpha value is -1.42. The first kappa shape index (κ1) is 13.0. The van der Waals surface area contributed by atoms with Crippen LogP contribution in [0.1, 0.15) is 28.4 Å². The largest absolute Gasteiger partial charge is 0.294 e. The lowest BCUT2D eigenvalue weighted by Gasteiger charge is -2.03. The van der Waals surface area contributed by atoms with Crippen molar-refractivity contribution in [3.8, 4) is 0 Å². The molecule has 0 aliphatic carbocycles. The van der Waals surface area contributed by atoms with Crippen LogP contribution in [0.25, 0.3) is 0 Å². The topological polar surface area (TPSA) is 34.9 Å². The minimum atomic E-state index is 0.109.